The van der Waals surface area contributed by atoms with E-state index in [1.165, 1.54) is 11.3 Å². The van der Waals surface area contributed by atoms with Crippen LogP contribution in [0.5, 0.6) is 17.2 Å². The third kappa shape index (κ3) is 4.61. The van der Waals surface area contributed by atoms with Crippen molar-refractivity contribution in [2.45, 2.75) is 13.0 Å². The van der Waals surface area contributed by atoms with Gasteiger partial charge in [0.15, 0.2) is 11.5 Å². The summed E-state index contributed by atoms with van der Waals surface area (Å²) in [5, 5.41) is 2.64. The Kier molecular flexibility index (Phi) is 6.49. The maximum atomic E-state index is 12.1. The average Bonchev–Trinajstić information content (AvgIpc) is 3.21. The van der Waals surface area contributed by atoms with Crippen molar-refractivity contribution in [2.24, 2.45) is 0 Å². The summed E-state index contributed by atoms with van der Waals surface area (Å²) in [6, 6.07) is 12.9. The van der Waals surface area contributed by atoms with Crippen LogP contribution in [0.3, 0.4) is 0 Å². The molecule has 0 amide bonds. The minimum atomic E-state index is -0.307. The van der Waals surface area contributed by atoms with Crippen molar-refractivity contribution in [1.29, 1.82) is 0 Å². The van der Waals surface area contributed by atoms with E-state index in [4.69, 9.17) is 18.9 Å². The predicted octanol–water partition coefficient (Wildman–Crippen LogP) is 4.12. The van der Waals surface area contributed by atoms with Crippen molar-refractivity contribution in [1.82, 2.24) is 4.98 Å². The normalized spacial score (nSPS) is 10.4. The van der Waals surface area contributed by atoms with Crippen molar-refractivity contribution >= 4 is 17.3 Å². The maximum absolute atomic E-state index is 12.1. The first kappa shape index (κ1) is 19.7. The third-order valence-electron chi connectivity index (χ3n) is 4.07. The molecule has 1 heterocycles. The van der Waals surface area contributed by atoms with Crippen LogP contribution >= 0.6 is 11.3 Å². The van der Waals surface area contributed by atoms with Crippen LogP contribution in [-0.4, -0.2) is 32.3 Å². The van der Waals surface area contributed by atoms with E-state index in [-0.39, 0.29) is 19.0 Å². The summed E-state index contributed by atoms with van der Waals surface area (Å²) in [7, 11) is 4.79. The van der Waals surface area contributed by atoms with Gasteiger partial charge in [0.25, 0.3) is 0 Å². The Bertz CT molecular complexity index is 936. The molecular weight excluding hydrogens is 378 g/mol. The molecule has 1 aromatic heterocycles. The number of ether oxygens (including phenoxy) is 4. The van der Waals surface area contributed by atoms with E-state index in [2.05, 4.69) is 4.98 Å². The number of rotatable bonds is 8. The number of carbonyl (C=O) groups is 1. The number of carbonyl (C=O) groups excluding carboxylic acids is 1. The fourth-order valence-corrected chi connectivity index (χ4v) is 3.49. The van der Waals surface area contributed by atoms with Gasteiger partial charge >= 0.3 is 5.97 Å². The fourth-order valence-electron chi connectivity index (χ4n) is 2.67. The second-order valence-electron chi connectivity index (χ2n) is 5.87. The highest BCUT2D eigenvalue weighted by atomic mass is 32.1. The number of aromatic nitrogens is 1. The highest BCUT2D eigenvalue weighted by Gasteiger charge is 2.15. The highest BCUT2D eigenvalue weighted by Crippen LogP contribution is 2.39. The zero-order valence-electron chi connectivity index (χ0n) is 15.9. The number of methoxy groups -OCH3 is 3. The molecule has 0 aliphatic rings. The average molecular weight is 399 g/mol. The molecule has 0 saturated heterocycles. The minimum Gasteiger partial charge on any atom is -0.497 e. The van der Waals surface area contributed by atoms with Gasteiger partial charge in [0.1, 0.15) is 17.4 Å². The van der Waals surface area contributed by atoms with E-state index in [0.29, 0.717) is 17.2 Å². The van der Waals surface area contributed by atoms with E-state index in [0.717, 1.165) is 21.9 Å². The lowest BCUT2D eigenvalue weighted by molar-refractivity contribution is -0.144. The number of esters is 1. The molecule has 2 aromatic carbocycles. The van der Waals surface area contributed by atoms with Gasteiger partial charge in [0.05, 0.1) is 39.0 Å². The largest absolute Gasteiger partial charge is 0.497 e. The molecule has 3 aromatic rings. The Morgan fingerprint density at radius 3 is 2.46 bits per heavy atom. The molecule has 7 heteroatoms. The van der Waals surface area contributed by atoms with Crippen molar-refractivity contribution in [2.75, 3.05) is 21.3 Å². The molecule has 6 nitrogen and oxygen atoms in total. The molecule has 0 fully saturated rings. The SMILES string of the molecule is COc1ccc(CC(=O)OCc2csc(-c3cccc(OC)c3OC)n2)cc1. The highest BCUT2D eigenvalue weighted by molar-refractivity contribution is 7.13. The van der Waals surface area contributed by atoms with Gasteiger partial charge in [-0.3, -0.25) is 4.79 Å². The monoisotopic (exact) mass is 399 g/mol. The minimum absolute atomic E-state index is 0.123. The summed E-state index contributed by atoms with van der Waals surface area (Å²) < 4.78 is 21.3. The first-order valence-electron chi connectivity index (χ1n) is 8.59. The number of benzene rings is 2. The number of hydrogen-bond acceptors (Lipinski definition) is 7. The van der Waals surface area contributed by atoms with E-state index < -0.39 is 0 Å². The molecule has 0 bridgehead atoms. The van der Waals surface area contributed by atoms with Crippen molar-refractivity contribution in [3.63, 3.8) is 0 Å². The quantitative estimate of drug-likeness (QED) is 0.531. The molecule has 0 aliphatic heterocycles. The zero-order valence-corrected chi connectivity index (χ0v) is 16.7. The molecule has 0 saturated carbocycles. The fraction of sp³-hybridized carbons (Fsp3) is 0.238. The van der Waals surface area contributed by atoms with Crippen LogP contribution in [0.2, 0.25) is 0 Å². The number of nitrogens with zero attached hydrogens (tertiary/aromatic N) is 1. The zero-order chi connectivity index (χ0) is 19.9. The van der Waals surface area contributed by atoms with Gasteiger partial charge < -0.3 is 18.9 Å². The van der Waals surface area contributed by atoms with Crippen LogP contribution in [0.25, 0.3) is 10.6 Å². The molecule has 0 spiro atoms. The first-order chi connectivity index (χ1) is 13.6. The molecule has 0 radical (unpaired) electrons. The van der Waals surface area contributed by atoms with Crippen LogP contribution in [0.1, 0.15) is 11.3 Å². The van der Waals surface area contributed by atoms with Crippen LogP contribution in [0.4, 0.5) is 0 Å². The summed E-state index contributed by atoms with van der Waals surface area (Å²) in [5.74, 6) is 1.71. The third-order valence-corrected chi connectivity index (χ3v) is 5.00. The van der Waals surface area contributed by atoms with E-state index in [9.17, 15) is 4.79 Å². The van der Waals surface area contributed by atoms with Gasteiger partial charge in [0, 0.05) is 5.38 Å². The molecular formula is C21H21NO5S. The predicted molar refractivity (Wildman–Crippen MR) is 107 cm³/mol. The van der Waals surface area contributed by atoms with E-state index >= 15 is 0 Å². The lowest BCUT2D eigenvalue weighted by Gasteiger charge is -2.10. The van der Waals surface area contributed by atoms with Crippen LogP contribution < -0.4 is 14.2 Å². The van der Waals surface area contributed by atoms with Crippen molar-refractivity contribution < 1.29 is 23.7 Å². The van der Waals surface area contributed by atoms with Gasteiger partial charge in [-0.15, -0.1) is 11.3 Å². The summed E-state index contributed by atoms with van der Waals surface area (Å²) >= 11 is 1.46. The molecule has 0 unspecified atom stereocenters. The second-order valence-corrected chi connectivity index (χ2v) is 6.73. The molecule has 146 valence electrons. The molecule has 28 heavy (non-hydrogen) atoms. The standard InChI is InChI=1S/C21H21NO5S/c1-24-16-9-7-14(8-10-16)11-19(23)27-12-15-13-28-21(22-15)17-5-4-6-18(25-2)20(17)26-3/h4-10,13H,11-12H2,1-3H3. The van der Waals surface area contributed by atoms with E-state index in [1.54, 1.807) is 21.3 Å². The Hall–Kier alpha value is -3.06. The summed E-state index contributed by atoms with van der Waals surface area (Å²) in [6.45, 7) is 0.123. The Morgan fingerprint density at radius 1 is 1.00 bits per heavy atom. The lowest BCUT2D eigenvalue weighted by Crippen LogP contribution is -2.08. The second kappa shape index (κ2) is 9.23. The Labute approximate surface area is 167 Å². The topological polar surface area (TPSA) is 66.9 Å². The number of thiazole rings is 1. The van der Waals surface area contributed by atoms with Gasteiger partial charge in [-0.25, -0.2) is 4.98 Å². The van der Waals surface area contributed by atoms with Crippen LogP contribution in [-0.2, 0) is 22.6 Å². The molecule has 0 atom stereocenters. The summed E-state index contributed by atoms with van der Waals surface area (Å²) in [6.07, 6.45) is 0.199. The van der Waals surface area contributed by atoms with Gasteiger partial charge in [-0.05, 0) is 29.8 Å². The Balaban J connectivity index is 1.62. The van der Waals surface area contributed by atoms with Gasteiger partial charge in [-0.2, -0.15) is 0 Å². The van der Waals surface area contributed by atoms with Crippen LogP contribution in [0, 0.1) is 0 Å². The van der Waals surface area contributed by atoms with Crippen molar-refractivity contribution in [3.05, 3.63) is 59.1 Å². The molecule has 0 N–H and O–H groups in total. The molecule has 0 aliphatic carbocycles. The van der Waals surface area contributed by atoms with Crippen molar-refractivity contribution in [3.8, 4) is 27.8 Å². The smallest absolute Gasteiger partial charge is 0.310 e. The summed E-state index contributed by atoms with van der Waals surface area (Å²) in [5.41, 5.74) is 2.39. The van der Waals surface area contributed by atoms with Crippen LogP contribution in [0.15, 0.2) is 47.8 Å². The van der Waals surface area contributed by atoms with Gasteiger partial charge in [-0.1, -0.05) is 18.2 Å². The molecule has 3 rings (SSSR count). The Morgan fingerprint density at radius 2 is 1.79 bits per heavy atom. The first-order valence-corrected chi connectivity index (χ1v) is 9.47. The lowest BCUT2D eigenvalue weighted by atomic mass is 10.1. The summed E-state index contributed by atoms with van der Waals surface area (Å²) in [4.78, 5) is 16.6. The number of hydrogen-bond donors (Lipinski definition) is 0. The maximum Gasteiger partial charge on any atom is 0.310 e. The van der Waals surface area contributed by atoms with E-state index in [1.807, 2.05) is 47.8 Å². The van der Waals surface area contributed by atoms with Gasteiger partial charge in [0.2, 0.25) is 0 Å². The number of para-hydroxylation sites is 1.